The topological polar surface area (TPSA) is 4.93 Å². The van der Waals surface area contributed by atoms with Gasteiger partial charge in [0.2, 0.25) is 0 Å². The van der Waals surface area contributed by atoms with Crippen molar-refractivity contribution in [2.24, 2.45) is 11.8 Å². The molecule has 0 saturated carbocycles. The number of nitrogens with zero attached hydrogens (tertiary/aromatic N) is 1. The van der Waals surface area contributed by atoms with Gasteiger partial charge < -0.3 is 0 Å². The summed E-state index contributed by atoms with van der Waals surface area (Å²) in [4.78, 5) is 0. The van der Waals surface area contributed by atoms with Gasteiger partial charge in [-0.3, -0.25) is 0 Å². The van der Waals surface area contributed by atoms with Crippen LogP contribution in [0.5, 0.6) is 0 Å². The van der Waals surface area contributed by atoms with E-state index in [0.29, 0.717) is 17.9 Å². The zero-order valence-electron chi connectivity index (χ0n) is 12.9. The Balaban J connectivity index is 3.35. The van der Waals surface area contributed by atoms with Crippen molar-refractivity contribution in [1.82, 2.24) is 4.57 Å². The summed E-state index contributed by atoms with van der Waals surface area (Å²) < 4.78 is 4.10. The van der Waals surface area contributed by atoms with Crippen LogP contribution >= 0.6 is 0 Å². The van der Waals surface area contributed by atoms with Crippen LogP contribution in [0.15, 0.2) is 6.20 Å². The molecule has 0 atom stereocenters. The molecule has 0 fully saturated rings. The first-order valence-electron chi connectivity index (χ1n) is 7.00. The number of aryl methyl sites for hydroxylation is 1. The Hall–Kier alpha value is -0.162. The average Bonchev–Trinajstić information content (AvgIpc) is 2.53. The van der Waals surface area contributed by atoms with E-state index in [-0.39, 0.29) is 0 Å². The molecule has 0 radical (unpaired) electrons. The summed E-state index contributed by atoms with van der Waals surface area (Å²) in [6.07, 6.45) is 3.54. The molecule has 1 aromatic heterocycles. The van der Waals surface area contributed by atoms with Crippen molar-refractivity contribution in [3.8, 4) is 0 Å². The van der Waals surface area contributed by atoms with E-state index in [1.54, 1.807) is 34.5 Å². The van der Waals surface area contributed by atoms with Gasteiger partial charge in [-0.2, -0.15) is 0 Å². The first-order valence-corrected chi connectivity index (χ1v) is 8.46. The second-order valence-electron chi connectivity index (χ2n) is 6.25. The van der Waals surface area contributed by atoms with Gasteiger partial charge in [-0.1, -0.05) is 0 Å². The number of hydrogen-bond acceptors (Lipinski definition) is 0. The Labute approximate surface area is 123 Å². The molecule has 0 aromatic carbocycles. The van der Waals surface area contributed by atoms with E-state index >= 15 is 0 Å². The molecular weight excluding hydrogens is 390 g/mol. The average molecular weight is 417 g/mol. The van der Waals surface area contributed by atoms with E-state index in [9.17, 15) is 0 Å². The number of hydrogen-bond donors (Lipinski definition) is 0. The zero-order valence-corrected chi connectivity index (χ0v) is 15.8. The van der Waals surface area contributed by atoms with Crippen LogP contribution < -0.4 is 0 Å². The Morgan fingerprint density at radius 3 is 2.11 bits per heavy atom. The van der Waals surface area contributed by atoms with Crippen LogP contribution in [0, 0.1) is 18.8 Å². The van der Waals surface area contributed by atoms with Gasteiger partial charge in [-0.25, -0.2) is 0 Å². The fraction of sp³-hybridized carbons (Fsp3) is 0.688. The molecule has 102 valence electrons. The van der Waals surface area contributed by atoms with Gasteiger partial charge >= 0.3 is 124 Å². The molecule has 1 nitrogen and oxygen atoms in total. The molecule has 1 aromatic rings. The molecule has 18 heavy (non-hydrogen) atoms. The van der Waals surface area contributed by atoms with E-state index in [1.807, 2.05) is 0 Å². The molecule has 1 heterocycles. The maximum atomic E-state index is 2.48. The molecule has 0 spiro atoms. The van der Waals surface area contributed by atoms with Gasteiger partial charge in [-0.15, -0.1) is 0 Å². The van der Waals surface area contributed by atoms with E-state index in [1.165, 1.54) is 12.0 Å². The minimum atomic E-state index is 0.557. The van der Waals surface area contributed by atoms with E-state index < -0.39 is 0 Å². The quantitative estimate of drug-likeness (QED) is 0.674. The molecular formula is C16H27NW. The summed E-state index contributed by atoms with van der Waals surface area (Å²) in [6, 6.07) is 0.557. The molecule has 0 aliphatic carbocycles. The summed E-state index contributed by atoms with van der Waals surface area (Å²) in [5.41, 5.74) is 4.57. The van der Waals surface area contributed by atoms with Crippen molar-refractivity contribution >= 4 is 3.90 Å². The Bertz CT molecular complexity index is 425. The molecule has 2 heteroatoms. The summed E-state index contributed by atoms with van der Waals surface area (Å²) in [5.74, 6) is 1.37. The third-order valence-corrected chi connectivity index (χ3v) is 5.68. The van der Waals surface area contributed by atoms with Gasteiger partial charge in [0.25, 0.3) is 0 Å². The van der Waals surface area contributed by atoms with Crippen LogP contribution in [-0.2, 0) is 25.8 Å². The molecule has 0 saturated heterocycles. The molecule has 0 amide bonds. The maximum absolute atomic E-state index is 2.48. The van der Waals surface area contributed by atoms with E-state index in [4.69, 9.17) is 0 Å². The predicted molar refractivity (Wildman–Crippen MR) is 77.0 cm³/mol. The monoisotopic (exact) mass is 417 g/mol. The number of rotatable bonds is 5. The molecule has 0 aliphatic heterocycles. The van der Waals surface area contributed by atoms with Crippen LogP contribution in [0.4, 0.5) is 0 Å². The second kappa shape index (κ2) is 6.33. The molecule has 0 bridgehead atoms. The Morgan fingerprint density at radius 1 is 1.17 bits per heavy atom. The van der Waals surface area contributed by atoms with Crippen molar-refractivity contribution in [3.63, 3.8) is 0 Å². The standard InChI is InChI=1S/C16H27N.W/c1-11(2)8-15-14(7)10-17(13(5)6)16(15)9-12(3)4;/h10-13H,9H2,1-7H3;. The fourth-order valence-corrected chi connectivity index (χ4v) is 3.39. The first-order chi connectivity index (χ1) is 8.25. The number of aromatic nitrogens is 1. The van der Waals surface area contributed by atoms with Crippen LogP contribution in [0.1, 0.15) is 64.4 Å². The van der Waals surface area contributed by atoms with E-state index in [2.05, 4.69) is 59.2 Å². The van der Waals surface area contributed by atoms with Crippen molar-refractivity contribution in [1.29, 1.82) is 0 Å². The SMILES string of the molecule is Cc1cn(C(C)C)c(CC(C)C)c1[C](=[W])C(C)C. The Morgan fingerprint density at radius 2 is 1.72 bits per heavy atom. The third kappa shape index (κ3) is 3.44. The first kappa shape index (κ1) is 15.9. The van der Waals surface area contributed by atoms with Crippen molar-refractivity contribution < 1.29 is 19.4 Å². The van der Waals surface area contributed by atoms with Crippen LogP contribution in [0.25, 0.3) is 0 Å². The van der Waals surface area contributed by atoms with Crippen molar-refractivity contribution in [3.05, 3.63) is 23.0 Å². The van der Waals surface area contributed by atoms with Crippen LogP contribution in [-0.4, -0.2) is 8.47 Å². The van der Waals surface area contributed by atoms with Gasteiger partial charge in [0, 0.05) is 0 Å². The van der Waals surface area contributed by atoms with Crippen LogP contribution in [0.3, 0.4) is 0 Å². The molecule has 1 rings (SSSR count). The summed E-state index contributed by atoms with van der Waals surface area (Å²) in [5, 5.41) is 0. The van der Waals surface area contributed by atoms with Gasteiger partial charge in [0.05, 0.1) is 0 Å². The summed E-state index contributed by atoms with van der Waals surface area (Å²) in [7, 11) is 0. The van der Waals surface area contributed by atoms with Gasteiger partial charge in [-0.05, 0) is 0 Å². The Kier molecular flexibility index (Phi) is 5.59. The van der Waals surface area contributed by atoms with Crippen LogP contribution in [0.2, 0.25) is 0 Å². The molecule has 0 unspecified atom stereocenters. The summed E-state index contributed by atoms with van der Waals surface area (Å²) in [6.45, 7) is 16.1. The van der Waals surface area contributed by atoms with Crippen molar-refractivity contribution in [2.45, 2.75) is 60.9 Å². The third-order valence-electron chi connectivity index (χ3n) is 3.26. The normalized spacial score (nSPS) is 11.9. The second-order valence-corrected chi connectivity index (χ2v) is 7.83. The predicted octanol–water partition coefficient (Wildman–Crippen LogP) is 4.30. The summed E-state index contributed by atoms with van der Waals surface area (Å²) >= 11 is 1.62. The minimum absolute atomic E-state index is 0.557. The molecule has 0 N–H and O–H groups in total. The van der Waals surface area contributed by atoms with Crippen molar-refractivity contribution in [2.75, 3.05) is 0 Å². The fourth-order valence-electron chi connectivity index (χ4n) is 2.39. The van der Waals surface area contributed by atoms with E-state index in [0.717, 1.165) is 0 Å². The zero-order chi connectivity index (χ0) is 14.0. The van der Waals surface area contributed by atoms with Gasteiger partial charge in [0.15, 0.2) is 0 Å². The van der Waals surface area contributed by atoms with Gasteiger partial charge in [0.1, 0.15) is 0 Å². The molecule has 0 aliphatic rings.